The molecule has 2 atom stereocenters. The summed E-state index contributed by atoms with van der Waals surface area (Å²) < 4.78 is 6.48. The lowest BCUT2D eigenvalue weighted by Crippen LogP contribution is -2.54. The standard InChI is InChI=1S/C27H39N3O2/c1-18-8-9-25(19(2)13-18)22(5)32-26-14-27(28-21(4)20(26)3)30-16-24(17-30)23-7-6-10-29(15-23)11-12-31/h8-9,13-14,22-24,31H,6-7,10-12,15-17H2,1-5H3/t22-,23+/m1/s1. The maximum absolute atomic E-state index is 9.27. The van der Waals surface area contributed by atoms with Crippen LogP contribution in [0.3, 0.4) is 0 Å². The van der Waals surface area contributed by atoms with Crippen LogP contribution in [-0.4, -0.2) is 54.3 Å². The van der Waals surface area contributed by atoms with Crippen LogP contribution in [0.4, 0.5) is 5.82 Å². The highest BCUT2D eigenvalue weighted by Gasteiger charge is 2.36. The van der Waals surface area contributed by atoms with Crippen molar-refractivity contribution in [3.63, 3.8) is 0 Å². The van der Waals surface area contributed by atoms with Gasteiger partial charge in [-0.3, -0.25) is 0 Å². The van der Waals surface area contributed by atoms with Gasteiger partial charge in [0.15, 0.2) is 0 Å². The number of benzene rings is 1. The predicted molar refractivity (Wildman–Crippen MR) is 131 cm³/mol. The second-order valence-corrected chi connectivity index (χ2v) is 9.90. The van der Waals surface area contributed by atoms with E-state index in [1.54, 1.807) is 0 Å². The number of aliphatic hydroxyl groups is 1. The molecule has 0 unspecified atom stereocenters. The van der Waals surface area contributed by atoms with Gasteiger partial charge >= 0.3 is 0 Å². The van der Waals surface area contributed by atoms with Gasteiger partial charge in [0.1, 0.15) is 17.7 Å². The zero-order chi connectivity index (χ0) is 22.8. The smallest absolute Gasteiger partial charge is 0.132 e. The molecule has 0 spiro atoms. The van der Waals surface area contributed by atoms with Crippen molar-refractivity contribution in [1.82, 2.24) is 9.88 Å². The third-order valence-electron chi connectivity index (χ3n) is 7.48. The Balaban J connectivity index is 1.43. The molecule has 1 aromatic heterocycles. The van der Waals surface area contributed by atoms with Crippen molar-refractivity contribution in [2.75, 3.05) is 44.2 Å². The molecule has 4 rings (SSSR count). The molecule has 0 amide bonds. The van der Waals surface area contributed by atoms with E-state index in [1.807, 2.05) is 0 Å². The molecule has 2 aromatic rings. The number of hydrogen-bond donors (Lipinski definition) is 1. The molecule has 0 saturated carbocycles. The SMILES string of the molecule is Cc1ccc([C@@H](C)Oc2cc(N3CC([C@H]4CCCN(CCO)C4)C3)nc(C)c2C)c(C)c1. The third kappa shape index (κ3) is 4.94. The Morgan fingerprint density at radius 1 is 1.09 bits per heavy atom. The minimum Gasteiger partial charge on any atom is -0.486 e. The number of anilines is 1. The van der Waals surface area contributed by atoms with E-state index in [4.69, 9.17) is 9.72 Å². The van der Waals surface area contributed by atoms with Crippen LogP contribution < -0.4 is 9.64 Å². The van der Waals surface area contributed by atoms with Crippen LogP contribution in [0.25, 0.3) is 0 Å². The first-order valence-corrected chi connectivity index (χ1v) is 12.2. The Kier molecular flexibility index (Phi) is 7.06. The van der Waals surface area contributed by atoms with Gasteiger partial charge in [-0.15, -0.1) is 0 Å². The Morgan fingerprint density at radius 3 is 2.59 bits per heavy atom. The number of piperidine rings is 1. The van der Waals surface area contributed by atoms with E-state index in [2.05, 4.69) is 68.7 Å². The highest BCUT2D eigenvalue weighted by molar-refractivity contribution is 5.51. The lowest BCUT2D eigenvalue weighted by Gasteiger charge is -2.47. The molecule has 2 fully saturated rings. The summed E-state index contributed by atoms with van der Waals surface area (Å²) in [4.78, 5) is 9.71. The average Bonchev–Trinajstić information content (AvgIpc) is 2.71. The number of likely N-dealkylation sites (tertiary alicyclic amines) is 1. The number of pyridine rings is 1. The van der Waals surface area contributed by atoms with Gasteiger partial charge in [0.05, 0.1) is 6.61 Å². The van der Waals surface area contributed by atoms with E-state index in [0.717, 1.165) is 67.4 Å². The molecule has 2 saturated heterocycles. The van der Waals surface area contributed by atoms with E-state index in [1.165, 1.54) is 29.5 Å². The Hall–Kier alpha value is -2.11. The number of aromatic nitrogens is 1. The van der Waals surface area contributed by atoms with Crippen LogP contribution in [0.5, 0.6) is 5.75 Å². The van der Waals surface area contributed by atoms with Gasteiger partial charge in [-0.2, -0.15) is 0 Å². The van der Waals surface area contributed by atoms with Gasteiger partial charge < -0.3 is 19.6 Å². The molecule has 0 aliphatic carbocycles. The van der Waals surface area contributed by atoms with Crippen LogP contribution in [-0.2, 0) is 0 Å². The fourth-order valence-electron chi connectivity index (χ4n) is 5.33. The van der Waals surface area contributed by atoms with E-state index in [-0.39, 0.29) is 12.7 Å². The molecule has 0 bridgehead atoms. The van der Waals surface area contributed by atoms with Crippen LogP contribution in [0.15, 0.2) is 24.3 Å². The van der Waals surface area contributed by atoms with Crippen molar-refractivity contribution >= 4 is 5.82 Å². The lowest BCUT2D eigenvalue weighted by atomic mass is 9.80. The molecule has 0 radical (unpaired) electrons. The summed E-state index contributed by atoms with van der Waals surface area (Å²) in [6, 6.07) is 8.70. The maximum Gasteiger partial charge on any atom is 0.132 e. The average molecular weight is 438 g/mol. The van der Waals surface area contributed by atoms with Crippen molar-refractivity contribution in [1.29, 1.82) is 0 Å². The lowest BCUT2D eigenvalue weighted by molar-refractivity contribution is 0.101. The van der Waals surface area contributed by atoms with Gasteiger partial charge in [0.25, 0.3) is 0 Å². The number of nitrogens with zero attached hydrogens (tertiary/aromatic N) is 3. The molecule has 1 aromatic carbocycles. The normalized spacial score (nSPS) is 20.8. The highest BCUT2D eigenvalue weighted by Crippen LogP contribution is 2.36. The third-order valence-corrected chi connectivity index (χ3v) is 7.48. The monoisotopic (exact) mass is 437 g/mol. The molecule has 2 aliphatic rings. The van der Waals surface area contributed by atoms with E-state index < -0.39 is 0 Å². The number of ether oxygens (including phenoxy) is 1. The van der Waals surface area contributed by atoms with Gasteiger partial charge in [0, 0.05) is 43.5 Å². The summed E-state index contributed by atoms with van der Waals surface area (Å²) in [5.74, 6) is 3.43. The molecule has 174 valence electrons. The summed E-state index contributed by atoms with van der Waals surface area (Å²) >= 11 is 0. The topological polar surface area (TPSA) is 48.8 Å². The zero-order valence-corrected chi connectivity index (χ0v) is 20.4. The molecular formula is C27H39N3O2. The number of β-amino-alcohol motifs (C(OH)–C–C–N with tert-alkyl or cyclic N) is 1. The summed E-state index contributed by atoms with van der Waals surface area (Å²) in [6.45, 7) is 16.1. The summed E-state index contributed by atoms with van der Waals surface area (Å²) in [7, 11) is 0. The van der Waals surface area contributed by atoms with Crippen LogP contribution in [0.2, 0.25) is 0 Å². The number of aryl methyl sites for hydroxylation is 3. The predicted octanol–water partition coefficient (Wildman–Crippen LogP) is 4.60. The molecule has 3 heterocycles. The number of aliphatic hydroxyl groups excluding tert-OH is 1. The zero-order valence-electron chi connectivity index (χ0n) is 20.4. The van der Waals surface area contributed by atoms with Gasteiger partial charge in [0.2, 0.25) is 0 Å². The van der Waals surface area contributed by atoms with Crippen molar-refractivity contribution in [2.45, 2.75) is 53.6 Å². The van der Waals surface area contributed by atoms with E-state index in [0.29, 0.717) is 0 Å². The second-order valence-electron chi connectivity index (χ2n) is 9.90. The highest BCUT2D eigenvalue weighted by atomic mass is 16.5. The summed E-state index contributed by atoms with van der Waals surface area (Å²) in [5, 5.41) is 9.27. The van der Waals surface area contributed by atoms with Crippen LogP contribution in [0, 0.1) is 39.5 Å². The van der Waals surface area contributed by atoms with Gasteiger partial charge in [-0.25, -0.2) is 4.98 Å². The Bertz CT molecular complexity index is 937. The molecule has 32 heavy (non-hydrogen) atoms. The number of rotatable bonds is 7. The molecular weight excluding hydrogens is 398 g/mol. The Labute approximate surface area is 193 Å². The number of hydrogen-bond acceptors (Lipinski definition) is 5. The van der Waals surface area contributed by atoms with Crippen LogP contribution in [0.1, 0.15) is 53.8 Å². The first-order valence-electron chi connectivity index (χ1n) is 12.2. The van der Waals surface area contributed by atoms with Gasteiger partial charge in [-0.1, -0.05) is 23.8 Å². The summed E-state index contributed by atoms with van der Waals surface area (Å²) in [6.07, 6.45) is 2.55. The second kappa shape index (κ2) is 9.80. The van der Waals surface area contributed by atoms with Crippen molar-refractivity contribution in [3.8, 4) is 5.75 Å². The molecule has 5 nitrogen and oxygen atoms in total. The minimum atomic E-state index is -0.00663. The maximum atomic E-state index is 9.27. The largest absolute Gasteiger partial charge is 0.486 e. The van der Waals surface area contributed by atoms with E-state index in [9.17, 15) is 5.11 Å². The fraction of sp³-hybridized carbons (Fsp3) is 0.593. The summed E-state index contributed by atoms with van der Waals surface area (Å²) in [5.41, 5.74) is 5.95. The van der Waals surface area contributed by atoms with Crippen molar-refractivity contribution < 1.29 is 9.84 Å². The van der Waals surface area contributed by atoms with E-state index >= 15 is 0 Å². The first kappa shape index (κ1) is 23.1. The Morgan fingerprint density at radius 2 is 1.88 bits per heavy atom. The first-order chi connectivity index (χ1) is 15.4. The fourth-order valence-corrected chi connectivity index (χ4v) is 5.33. The molecule has 5 heteroatoms. The van der Waals surface area contributed by atoms with Crippen molar-refractivity contribution in [3.05, 3.63) is 52.2 Å². The quantitative estimate of drug-likeness (QED) is 0.686. The molecule has 2 aliphatic heterocycles. The van der Waals surface area contributed by atoms with Crippen LogP contribution >= 0.6 is 0 Å². The molecule has 1 N–H and O–H groups in total. The van der Waals surface area contributed by atoms with Gasteiger partial charge in [-0.05, 0) is 77.0 Å². The van der Waals surface area contributed by atoms with Crippen molar-refractivity contribution in [2.24, 2.45) is 11.8 Å². The minimum absolute atomic E-state index is 0.00663.